The summed E-state index contributed by atoms with van der Waals surface area (Å²) in [6, 6.07) is 10.7. The molecule has 0 unspecified atom stereocenters. The number of hydrogen-bond donors (Lipinski definition) is 0. The molecule has 0 atom stereocenters. The van der Waals surface area contributed by atoms with Gasteiger partial charge in [0.25, 0.3) is 11.7 Å². The molecule has 1 aliphatic heterocycles. The zero-order chi connectivity index (χ0) is 20.3. The number of halogens is 1. The van der Waals surface area contributed by atoms with E-state index in [4.69, 9.17) is 0 Å². The first-order valence-corrected chi connectivity index (χ1v) is 9.71. The van der Waals surface area contributed by atoms with Crippen molar-refractivity contribution in [3.63, 3.8) is 0 Å². The van der Waals surface area contributed by atoms with Crippen molar-refractivity contribution in [1.29, 1.82) is 0 Å². The highest BCUT2D eigenvalue weighted by molar-refractivity contribution is 5.58. The maximum absolute atomic E-state index is 14.8. The van der Waals surface area contributed by atoms with Crippen LogP contribution in [0, 0.1) is 5.82 Å². The van der Waals surface area contributed by atoms with E-state index in [0.29, 0.717) is 30.5 Å². The Morgan fingerprint density at radius 3 is 2.47 bits per heavy atom. The Labute approximate surface area is 172 Å². The lowest BCUT2D eigenvalue weighted by atomic mass is 10.2. The van der Waals surface area contributed by atoms with Crippen molar-refractivity contribution >= 4 is 17.4 Å². The normalized spacial score (nSPS) is 15.5. The molecule has 1 saturated heterocycles. The lowest BCUT2D eigenvalue weighted by molar-refractivity contribution is 0.125. The van der Waals surface area contributed by atoms with Gasteiger partial charge >= 0.3 is 0 Å². The van der Waals surface area contributed by atoms with E-state index >= 15 is 0 Å². The molecule has 152 valence electrons. The number of hydrogen-bond acceptors (Lipinski definition) is 8. The number of anilines is 2. The number of piperazine rings is 1. The summed E-state index contributed by atoms with van der Waals surface area (Å²) in [7, 11) is 0. The molecule has 0 saturated carbocycles. The molecule has 1 aliphatic rings. The van der Waals surface area contributed by atoms with Crippen LogP contribution in [0.3, 0.4) is 0 Å². The van der Waals surface area contributed by atoms with Crippen LogP contribution in [0.15, 0.2) is 61.4 Å². The molecule has 0 bridgehead atoms. The molecule has 9 nitrogen and oxygen atoms in total. The fourth-order valence-electron chi connectivity index (χ4n) is 3.65. The number of fused-ring (bicyclic) bond motifs is 1. The Balaban J connectivity index is 1.44. The summed E-state index contributed by atoms with van der Waals surface area (Å²) < 4.78 is 16.3. The lowest BCUT2D eigenvalue weighted by Crippen LogP contribution is -2.53. The van der Waals surface area contributed by atoms with Crippen LogP contribution in [0.2, 0.25) is 0 Å². The van der Waals surface area contributed by atoms with Crippen LogP contribution in [0.1, 0.15) is 5.56 Å². The molecule has 30 heavy (non-hydrogen) atoms. The van der Waals surface area contributed by atoms with Crippen LogP contribution in [0.5, 0.6) is 0 Å². The van der Waals surface area contributed by atoms with Crippen molar-refractivity contribution in [2.24, 2.45) is 0 Å². The topological polar surface area (TPSA) is 78.6 Å². The summed E-state index contributed by atoms with van der Waals surface area (Å²) >= 11 is 0. The zero-order valence-corrected chi connectivity index (χ0v) is 16.2. The summed E-state index contributed by atoms with van der Waals surface area (Å²) in [6.45, 7) is 3.94. The van der Waals surface area contributed by atoms with Crippen molar-refractivity contribution in [2.75, 3.05) is 31.2 Å². The first-order valence-electron chi connectivity index (χ1n) is 9.71. The van der Waals surface area contributed by atoms with Crippen LogP contribution < -0.4 is 5.01 Å². The summed E-state index contributed by atoms with van der Waals surface area (Å²) in [5, 5.41) is 8.10. The molecule has 10 heteroatoms. The van der Waals surface area contributed by atoms with Gasteiger partial charge in [-0.25, -0.2) is 14.4 Å². The first kappa shape index (κ1) is 18.5. The smallest absolute Gasteiger partial charge is 0.256 e. The van der Waals surface area contributed by atoms with E-state index in [1.165, 1.54) is 28.8 Å². The van der Waals surface area contributed by atoms with Gasteiger partial charge in [-0.15, -0.1) is 0 Å². The largest absolute Gasteiger partial charge is 0.296 e. The molecular weight excluding hydrogens is 385 g/mol. The van der Waals surface area contributed by atoms with E-state index in [0.717, 1.165) is 19.6 Å². The van der Waals surface area contributed by atoms with Crippen molar-refractivity contribution in [3.8, 4) is 0 Å². The summed E-state index contributed by atoms with van der Waals surface area (Å²) in [4.78, 5) is 19.1. The Morgan fingerprint density at radius 2 is 1.67 bits per heavy atom. The first-order chi connectivity index (χ1) is 14.8. The molecule has 1 aromatic carbocycles. The Morgan fingerprint density at radius 1 is 0.900 bits per heavy atom. The zero-order valence-electron chi connectivity index (χ0n) is 16.2. The fraction of sp³-hybridized carbons (Fsp3) is 0.250. The number of pyridine rings is 1. The fourth-order valence-corrected chi connectivity index (χ4v) is 3.65. The van der Waals surface area contributed by atoms with E-state index in [1.54, 1.807) is 17.1 Å². The van der Waals surface area contributed by atoms with Gasteiger partial charge in [0.1, 0.15) is 18.5 Å². The summed E-state index contributed by atoms with van der Waals surface area (Å²) in [5.74, 6) is 0.534. The van der Waals surface area contributed by atoms with Crippen molar-refractivity contribution < 1.29 is 4.39 Å². The van der Waals surface area contributed by atoms with Gasteiger partial charge in [-0.05, 0) is 29.8 Å². The molecule has 4 heterocycles. The lowest BCUT2D eigenvalue weighted by Gasteiger charge is -2.41. The van der Waals surface area contributed by atoms with Gasteiger partial charge < -0.3 is 0 Å². The van der Waals surface area contributed by atoms with E-state index in [1.807, 2.05) is 30.6 Å². The Hall–Kier alpha value is -3.50. The monoisotopic (exact) mass is 405 g/mol. The third-order valence-corrected chi connectivity index (χ3v) is 5.12. The van der Waals surface area contributed by atoms with E-state index in [9.17, 15) is 4.39 Å². The number of para-hydroxylation sites is 1. The van der Waals surface area contributed by atoms with Gasteiger partial charge in [-0.2, -0.15) is 24.6 Å². The third kappa shape index (κ3) is 3.58. The number of rotatable bonds is 5. The molecular formula is C20H20FN9. The van der Waals surface area contributed by atoms with Crippen molar-refractivity contribution in [3.05, 3.63) is 72.8 Å². The molecule has 0 spiro atoms. The average Bonchev–Trinajstić information content (AvgIpc) is 3.27. The molecule has 0 aliphatic carbocycles. The van der Waals surface area contributed by atoms with E-state index < -0.39 is 0 Å². The van der Waals surface area contributed by atoms with Gasteiger partial charge in [0.15, 0.2) is 0 Å². The Bertz CT molecular complexity index is 1130. The second-order valence-electron chi connectivity index (χ2n) is 6.99. The quantitative estimate of drug-likeness (QED) is 0.498. The minimum atomic E-state index is -0.330. The van der Waals surface area contributed by atoms with E-state index in [2.05, 4.69) is 34.9 Å². The summed E-state index contributed by atoms with van der Waals surface area (Å²) in [6.07, 6.45) is 6.46. The predicted molar refractivity (Wildman–Crippen MR) is 108 cm³/mol. The minimum absolute atomic E-state index is 0.330. The van der Waals surface area contributed by atoms with Crippen LogP contribution in [0.25, 0.3) is 5.78 Å². The van der Waals surface area contributed by atoms with Crippen LogP contribution >= 0.6 is 0 Å². The third-order valence-electron chi connectivity index (χ3n) is 5.12. The second-order valence-corrected chi connectivity index (χ2v) is 6.99. The number of benzene rings is 1. The number of nitrogens with zero attached hydrogens (tertiary/aromatic N) is 9. The molecule has 3 aromatic heterocycles. The van der Waals surface area contributed by atoms with Gasteiger partial charge in [-0.3, -0.25) is 9.88 Å². The molecule has 0 amide bonds. The maximum atomic E-state index is 14.8. The molecule has 1 fully saturated rings. The highest BCUT2D eigenvalue weighted by Crippen LogP contribution is 2.28. The highest BCUT2D eigenvalue weighted by atomic mass is 19.1. The predicted octanol–water partition coefficient (Wildman–Crippen LogP) is 1.92. The highest BCUT2D eigenvalue weighted by Gasteiger charge is 2.28. The standard InChI is InChI=1S/C20H20FN9/c21-17-3-1-2-4-18(17)30(20-25-14-23-19-24-15-26-29(19)20)28-11-9-27(10-12-28)13-16-5-7-22-8-6-16/h1-8,14-15H,9-13H2. The van der Waals surface area contributed by atoms with Crippen molar-refractivity contribution in [2.45, 2.75) is 6.54 Å². The summed E-state index contributed by atoms with van der Waals surface area (Å²) in [5.41, 5.74) is 1.64. The van der Waals surface area contributed by atoms with Gasteiger partial charge in [0.05, 0.1) is 5.69 Å². The molecule has 4 aromatic rings. The SMILES string of the molecule is Fc1ccccc1N(c1ncnc2ncnn12)N1CCN(Cc2ccncc2)CC1. The molecule has 0 radical (unpaired) electrons. The number of hydrazine groups is 1. The second kappa shape index (κ2) is 8.09. The minimum Gasteiger partial charge on any atom is -0.296 e. The van der Waals surface area contributed by atoms with Gasteiger partial charge in [0.2, 0.25) is 0 Å². The maximum Gasteiger partial charge on any atom is 0.256 e. The van der Waals surface area contributed by atoms with Crippen LogP contribution in [-0.2, 0) is 6.54 Å². The molecule has 0 N–H and O–H groups in total. The average molecular weight is 405 g/mol. The van der Waals surface area contributed by atoms with Crippen LogP contribution in [-0.4, -0.2) is 65.6 Å². The number of aromatic nitrogens is 6. The van der Waals surface area contributed by atoms with E-state index in [-0.39, 0.29) is 5.82 Å². The van der Waals surface area contributed by atoms with Crippen LogP contribution in [0.4, 0.5) is 16.0 Å². The Kier molecular flexibility index (Phi) is 4.99. The van der Waals surface area contributed by atoms with Gasteiger partial charge in [-0.1, -0.05) is 12.1 Å². The van der Waals surface area contributed by atoms with Crippen molar-refractivity contribution in [1.82, 2.24) is 39.5 Å². The van der Waals surface area contributed by atoms with Gasteiger partial charge in [0, 0.05) is 45.1 Å². The molecule has 5 rings (SSSR count).